The molecule has 0 aliphatic carbocycles. The summed E-state index contributed by atoms with van der Waals surface area (Å²) >= 11 is 0. The first-order valence-electron chi connectivity index (χ1n) is 6.57. The lowest BCUT2D eigenvalue weighted by Gasteiger charge is -2.14. The Morgan fingerprint density at radius 3 is 2.71 bits per heavy atom. The molecule has 1 unspecified atom stereocenters. The summed E-state index contributed by atoms with van der Waals surface area (Å²) in [6.07, 6.45) is -4.36. The Morgan fingerprint density at radius 2 is 2.14 bits per heavy atom. The first-order valence-corrected chi connectivity index (χ1v) is 6.57. The van der Waals surface area contributed by atoms with Crippen molar-refractivity contribution in [2.45, 2.75) is 19.5 Å². The number of rotatable bonds is 3. The summed E-state index contributed by atoms with van der Waals surface area (Å²) in [6, 6.07) is 4.44. The number of nitrogens with zero attached hydrogens (tertiary/aromatic N) is 1. The van der Waals surface area contributed by atoms with E-state index in [1.807, 2.05) is 6.92 Å². The van der Waals surface area contributed by atoms with Gasteiger partial charge in [-0.25, -0.2) is 0 Å². The normalized spacial score (nSPS) is 19.0. The van der Waals surface area contributed by atoms with Gasteiger partial charge in [-0.15, -0.1) is 0 Å². The van der Waals surface area contributed by atoms with Crippen LogP contribution < -0.4 is 5.32 Å². The zero-order valence-electron chi connectivity index (χ0n) is 11.4. The van der Waals surface area contributed by atoms with E-state index in [0.29, 0.717) is 13.1 Å². The van der Waals surface area contributed by atoms with Gasteiger partial charge in [0.25, 0.3) is 0 Å². The summed E-state index contributed by atoms with van der Waals surface area (Å²) in [5, 5.41) is 2.44. The minimum absolute atomic E-state index is 0.0808. The number of benzene rings is 1. The topological polar surface area (TPSA) is 49.4 Å². The van der Waals surface area contributed by atoms with Gasteiger partial charge >= 0.3 is 6.18 Å². The van der Waals surface area contributed by atoms with E-state index in [1.54, 1.807) is 4.90 Å². The van der Waals surface area contributed by atoms with E-state index in [0.717, 1.165) is 12.1 Å². The molecule has 1 aliphatic heterocycles. The maximum atomic E-state index is 12.6. The van der Waals surface area contributed by atoms with Crippen molar-refractivity contribution < 1.29 is 22.8 Å². The second-order valence-corrected chi connectivity index (χ2v) is 4.90. The SMILES string of the molecule is CCN1CC(C(=O)Nc2cccc(C(F)(F)F)c2)CC1=O. The molecule has 4 nitrogen and oxygen atoms in total. The molecule has 7 heteroatoms. The Balaban J connectivity index is 2.05. The summed E-state index contributed by atoms with van der Waals surface area (Å²) < 4.78 is 37.8. The average molecular weight is 300 g/mol. The molecule has 0 radical (unpaired) electrons. The van der Waals surface area contributed by atoms with E-state index in [2.05, 4.69) is 5.32 Å². The predicted octanol–water partition coefficient (Wildman–Crippen LogP) is 2.51. The number of amides is 2. The van der Waals surface area contributed by atoms with E-state index in [9.17, 15) is 22.8 Å². The fourth-order valence-electron chi connectivity index (χ4n) is 2.27. The van der Waals surface area contributed by atoms with Crippen molar-refractivity contribution in [3.05, 3.63) is 29.8 Å². The van der Waals surface area contributed by atoms with Crippen LogP contribution in [0.15, 0.2) is 24.3 Å². The zero-order valence-corrected chi connectivity index (χ0v) is 11.4. The monoisotopic (exact) mass is 300 g/mol. The number of carbonyl (C=O) groups is 2. The molecule has 2 amide bonds. The van der Waals surface area contributed by atoms with Gasteiger partial charge in [-0.3, -0.25) is 9.59 Å². The van der Waals surface area contributed by atoms with E-state index < -0.39 is 23.6 Å². The number of hydrogen-bond donors (Lipinski definition) is 1. The Hall–Kier alpha value is -2.05. The van der Waals surface area contributed by atoms with Gasteiger partial charge in [-0.1, -0.05) is 6.07 Å². The molecule has 0 aromatic heterocycles. The average Bonchev–Trinajstić information content (AvgIpc) is 2.79. The van der Waals surface area contributed by atoms with Crippen LogP contribution in [-0.2, 0) is 15.8 Å². The Morgan fingerprint density at radius 1 is 1.43 bits per heavy atom. The summed E-state index contributed by atoms with van der Waals surface area (Å²) in [5.74, 6) is -1.06. The maximum Gasteiger partial charge on any atom is 0.416 e. The van der Waals surface area contributed by atoms with Crippen molar-refractivity contribution in [3.8, 4) is 0 Å². The Bertz CT molecular complexity index is 557. The Labute approximate surface area is 119 Å². The van der Waals surface area contributed by atoms with Crippen LogP contribution >= 0.6 is 0 Å². The van der Waals surface area contributed by atoms with E-state index in [-0.39, 0.29) is 18.0 Å². The van der Waals surface area contributed by atoms with E-state index >= 15 is 0 Å². The third-order valence-electron chi connectivity index (χ3n) is 3.42. The molecular weight excluding hydrogens is 285 g/mol. The van der Waals surface area contributed by atoms with Crippen molar-refractivity contribution in [2.24, 2.45) is 5.92 Å². The van der Waals surface area contributed by atoms with Gasteiger partial charge in [0.1, 0.15) is 0 Å². The summed E-state index contributed by atoms with van der Waals surface area (Å²) in [4.78, 5) is 25.1. The number of nitrogens with one attached hydrogen (secondary N) is 1. The molecule has 1 aromatic rings. The highest BCUT2D eigenvalue weighted by Gasteiger charge is 2.34. The quantitative estimate of drug-likeness (QED) is 0.932. The summed E-state index contributed by atoms with van der Waals surface area (Å²) in [5.41, 5.74) is -0.741. The molecule has 1 heterocycles. The summed E-state index contributed by atoms with van der Waals surface area (Å²) in [6.45, 7) is 2.64. The third kappa shape index (κ3) is 3.53. The van der Waals surface area contributed by atoms with Crippen molar-refractivity contribution in [1.29, 1.82) is 0 Å². The highest BCUT2D eigenvalue weighted by molar-refractivity contribution is 5.97. The van der Waals surface area contributed by atoms with Gasteiger partial charge < -0.3 is 10.2 Å². The molecule has 0 spiro atoms. The zero-order chi connectivity index (χ0) is 15.6. The standard InChI is InChI=1S/C14H15F3N2O2/c1-2-19-8-9(6-12(19)20)13(21)18-11-5-3-4-10(7-11)14(15,16)17/h3-5,7,9H,2,6,8H2,1H3,(H,18,21). The molecule has 1 saturated heterocycles. The molecule has 1 fully saturated rings. The van der Waals surface area contributed by atoms with Crippen molar-refractivity contribution >= 4 is 17.5 Å². The van der Waals surface area contributed by atoms with Crippen LogP contribution in [0, 0.1) is 5.92 Å². The van der Waals surface area contributed by atoms with Gasteiger partial charge in [-0.2, -0.15) is 13.2 Å². The van der Waals surface area contributed by atoms with E-state index in [4.69, 9.17) is 0 Å². The van der Waals surface area contributed by atoms with Gasteiger partial charge in [0.15, 0.2) is 0 Å². The second kappa shape index (κ2) is 5.75. The third-order valence-corrected chi connectivity index (χ3v) is 3.42. The molecule has 0 saturated carbocycles. The van der Waals surface area contributed by atoms with Gasteiger partial charge in [0.05, 0.1) is 11.5 Å². The highest BCUT2D eigenvalue weighted by Crippen LogP contribution is 2.31. The minimum atomic E-state index is -4.46. The van der Waals surface area contributed by atoms with Crippen LogP contribution in [0.25, 0.3) is 0 Å². The van der Waals surface area contributed by atoms with Crippen molar-refractivity contribution in [1.82, 2.24) is 4.90 Å². The molecule has 1 atom stereocenters. The van der Waals surface area contributed by atoms with Gasteiger partial charge in [-0.05, 0) is 25.1 Å². The first-order chi connectivity index (χ1) is 9.81. The Kier molecular flexibility index (Phi) is 4.20. The second-order valence-electron chi connectivity index (χ2n) is 4.90. The number of carbonyl (C=O) groups excluding carboxylic acids is 2. The van der Waals surface area contributed by atoms with Crippen LogP contribution in [0.1, 0.15) is 18.9 Å². The number of halogens is 3. The van der Waals surface area contributed by atoms with Crippen LogP contribution in [0.4, 0.5) is 18.9 Å². The minimum Gasteiger partial charge on any atom is -0.342 e. The molecule has 2 rings (SSSR count). The largest absolute Gasteiger partial charge is 0.416 e. The molecule has 1 aliphatic rings. The van der Waals surface area contributed by atoms with Crippen LogP contribution in [0.2, 0.25) is 0 Å². The lowest BCUT2D eigenvalue weighted by Crippen LogP contribution is -2.28. The number of alkyl halides is 3. The molecule has 21 heavy (non-hydrogen) atoms. The fraction of sp³-hybridized carbons (Fsp3) is 0.429. The fourth-order valence-corrected chi connectivity index (χ4v) is 2.27. The lowest BCUT2D eigenvalue weighted by atomic mass is 10.1. The van der Waals surface area contributed by atoms with Crippen molar-refractivity contribution in [2.75, 3.05) is 18.4 Å². The van der Waals surface area contributed by atoms with E-state index in [1.165, 1.54) is 12.1 Å². The van der Waals surface area contributed by atoms with Crippen LogP contribution in [0.5, 0.6) is 0 Å². The maximum absolute atomic E-state index is 12.6. The predicted molar refractivity (Wildman–Crippen MR) is 70.4 cm³/mol. The number of anilines is 1. The molecule has 114 valence electrons. The van der Waals surface area contributed by atoms with Crippen molar-refractivity contribution in [3.63, 3.8) is 0 Å². The van der Waals surface area contributed by atoms with Crippen LogP contribution in [0.3, 0.4) is 0 Å². The van der Waals surface area contributed by atoms with Gasteiger partial charge in [0, 0.05) is 25.2 Å². The molecular formula is C14H15F3N2O2. The first kappa shape index (κ1) is 15.3. The smallest absolute Gasteiger partial charge is 0.342 e. The molecule has 1 N–H and O–H groups in total. The highest BCUT2D eigenvalue weighted by atomic mass is 19.4. The molecule has 0 bridgehead atoms. The number of hydrogen-bond acceptors (Lipinski definition) is 2. The summed E-state index contributed by atoms with van der Waals surface area (Å²) in [7, 11) is 0. The lowest BCUT2D eigenvalue weighted by molar-refractivity contribution is -0.137. The van der Waals surface area contributed by atoms with Gasteiger partial charge in [0.2, 0.25) is 11.8 Å². The van der Waals surface area contributed by atoms with Crippen LogP contribution in [-0.4, -0.2) is 29.8 Å². The molecule has 1 aromatic carbocycles. The number of likely N-dealkylation sites (tertiary alicyclic amines) is 1.